The summed E-state index contributed by atoms with van der Waals surface area (Å²) < 4.78 is 7.87. The molecule has 0 N–H and O–H groups in total. The largest absolute Gasteiger partial charge is 0.492 e. The first-order valence-electron chi connectivity index (χ1n) is 8.62. The van der Waals surface area contributed by atoms with Crippen LogP contribution in [0, 0.1) is 0 Å². The molecule has 2 nitrogen and oxygen atoms in total. The van der Waals surface area contributed by atoms with Crippen LogP contribution in [0.5, 0.6) is 5.75 Å². The van der Waals surface area contributed by atoms with Crippen LogP contribution in [-0.4, -0.2) is 6.61 Å². The van der Waals surface area contributed by atoms with Crippen molar-refractivity contribution in [3.63, 3.8) is 0 Å². The van der Waals surface area contributed by atoms with Crippen LogP contribution < -0.4 is 10.2 Å². The lowest BCUT2D eigenvalue weighted by Crippen LogP contribution is -2.04. The number of hydrogen-bond acceptors (Lipinski definition) is 4. The summed E-state index contributed by atoms with van der Waals surface area (Å²) in [6.07, 6.45) is 0.935. The van der Waals surface area contributed by atoms with E-state index < -0.39 is 0 Å². The fourth-order valence-corrected chi connectivity index (χ4v) is 5.09. The number of benzene rings is 3. The SMILES string of the molecule is CCCOc1ccc(Sc2ccccc2)c2c(=O)c3ccccc3sc12. The van der Waals surface area contributed by atoms with Crippen molar-refractivity contribution in [2.75, 3.05) is 6.61 Å². The summed E-state index contributed by atoms with van der Waals surface area (Å²) in [6.45, 7) is 2.73. The van der Waals surface area contributed by atoms with Gasteiger partial charge in [0.25, 0.3) is 0 Å². The molecule has 4 aromatic rings. The average molecular weight is 379 g/mol. The van der Waals surface area contributed by atoms with Gasteiger partial charge >= 0.3 is 0 Å². The number of ether oxygens (including phenoxy) is 1. The summed E-state index contributed by atoms with van der Waals surface area (Å²) in [5, 5.41) is 1.53. The van der Waals surface area contributed by atoms with E-state index >= 15 is 0 Å². The molecule has 4 heteroatoms. The first-order valence-corrected chi connectivity index (χ1v) is 10.3. The van der Waals surface area contributed by atoms with Gasteiger partial charge in [-0.25, -0.2) is 0 Å². The molecule has 0 radical (unpaired) electrons. The molecular formula is C22H18O2S2. The van der Waals surface area contributed by atoms with Crippen LogP contribution in [0.4, 0.5) is 0 Å². The Morgan fingerprint density at radius 2 is 1.73 bits per heavy atom. The zero-order valence-corrected chi connectivity index (χ0v) is 16.0. The highest BCUT2D eigenvalue weighted by atomic mass is 32.2. The van der Waals surface area contributed by atoms with Crippen molar-refractivity contribution in [2.24, 2.45) is 0 Å². The van der Waals surface area contributed by atoms with E-state index in [0.717, 1.165) is 42.1 Å². The summed E-state index contributed by atoms with van der Waals surface area (Å²) in [7, 11) is 0. The monoisotopic (exact) mass is 378 g/mol. The molecule has 3 aromatic carbocycles. The van der Waals surface area contributed by atoms with Gasteiger partial charge in [0.15, 0.2) is 5.43 Å². The van der Waals surface area contributed by atoms with Crippen LogP contribution in [0.1, 0.15) is 13.3 Å². The Labute approximate surface area is 160 Å². The van der Waals surface area contributed by atoms with Gasteiger partial charge in [-0.1, -0.05) is 49.0 Å². The predicted octanol–water partition coefficient (Wildman–Crippen LogP) is 6.35. The van der Waals surface area contributed by atoms with E-state index in [1.807, 2.05) is 54.6 Å². The minimum Gasteiger partial charge on any atom is -0.492 e. The van der Waals surface area contributed by atoms with Gasteiger partial charge in [0.1, 0.15) is 5.75 Å². The first-order chi connectivity index (χ1) is 12.8. The van der Waals surface area contributed by atoms with Crippen molar-refractivity contribution in [2.45, 2.75) is 23.1 Å². The smallest absolute Gasteiger partial charge is 0.197 e. The van der Waals surface area contributed by atoms with Gasteiger partial charge in [0.2, 0.25) is 0 Å². The Bertz CT molecular complexity index is 1120. The topological polar surface area (TPSA) is 26.3 Å². The lowest BCUT2D eigenvalue weighted by atomic mass is 10.2. The molecule has 4 rings (SSSR count). The van der Waals surface area contributed by atoms with Crippen molar-refractivity contribution >= 4 is 43.3 Å². The molecule has 0 saturated carbocycles. The number of fused-ring (bicyclic) bond motifs is 2. The molecule has 0 saturated heterocycles. The molecule has 0 amide bonds. The van der Waals surface area contributed by atoms with Crippen LogP contribution in [0.2, 0.25) is 0 Å². The maximum absolute atomic E-state index is 13.3. The van der Waals surface area contributed by atoms with Gasteiger partial charge < -0.3 is 4.74 Å². The molecule has 0 atom stereocenters. The standard InChI is InChI=1S/C22H18O2S2/c1-2-14-24-17-12-13-19(25-15-8-4-3-5-9-15)20-21(23)16-10-6-7-11-18(16)26-22(17)20/h3-13H,2,14H2,1H3. The highest BCUT2D eigenvalue weighted by molar-refractivity contribution is 7.99. The van der Waals surface area contributed by atoms with Crippen molar-refractivity contribution in [1.29, 1.82) is 0 Å². The van der Waals surface area contributed by atoms with E-state index in [0.29, 0.717) is 6.61 Å². The van der Waals surface area contributed by atoms with E-state index in [1.54, 1.807) is 23.1 Å². The number of rotatable bonds is 5. The average Bonchev–Trinajstić information content (AvgIpc) is 2.68. The van der Waals surface area contributed by atoms with Crippen LogP contribution in [0.3, 0.4) is 0 Å². The quantitative estimate of drug-likeness (QED) is 0.378. The minimum atomic E-state index is 0.0785. The molecule has 26 heavy (non-hydrogen) atoms. The van der Waals surface area contributed by atoms with E-state index in [9.17, 15) is 4.79 Å². The second kappa shape index (κ2) is 7.52. The zero-order valence-electron chi connectivity index (χ0n) is 14.4. The molecule has 0 bridgehead atoms. The summed E-state index contributed by atoms with van der Waals surface area (Å²) >= 11 is 3.25. The fourth-order valence-electron chi connectivity index (χ4n) is 2.88. The summed E-state index contributed by atoms with van der Waals surface area (Å²) in [5.74, 6) is 0.798. The lowest BCUT2D eigenvalue weighted by Gasteiger charge is -2.12. The molecule has 0 fully saturated rings. The maximum atomic E-state index is 13.3. The van der Waals surface area contributed by atoms with Gasteiger partial charge in [0.05, 0.1) is 16.7 Å². The van der Waals surface area contributed by atoms with Crippen molar-refractivity contribution in [3.05, 3.63) is 77.0 Å². The second-order valence-electron chi connectivity index (χ2n) is 5.96. The van der Waals surface area contributed by atoms with Crippen molar-refractivity contribution in [1.82, 2.24) is 0 Å². The highest BCUT2D eigenvalue weighted by Gasteiger charge is 2.15. The van der Waals surface area contributed by atoms with Gasteiger partial charge in [-0.3, -0.25) is 4.79 Å². The maximum Gasteiger partial charge on any atom is 0.197 e. The van der Waals surface area contributed by atoms with Gasteiger partial charge in [-0.2, -0.15) is 0 Å². The number of hydrogen-bond donors (Lipinski definition) is 0. The summed E-state index contributed by atoms with van der Waals surface area (Å²) in [6, 6.07) is 22.0. The van der Waals surface area contributed by atoms with E-state index in [4.69, 9.17) is 4.74 Å². The van der Waals surface area contributed by atoms with Crippen LogP contribution >= 0.6 is 23.1 Å². The second-order valence-corrected chi connectivity index (χ2v) is 8.12. The van der Waals surface area contributed by atoms with E-state index in [1.165, 1.54) is 0 Å². The molecule has 0 aliphatic heterocycles. The third-order valence-electron chi connectivity index (χ3n) is 4.09. The van der Waals surface area contributed by atoms with E-state index in [2.05, 4.69) is 19.1 Å². The Balaban J connectivity index is 1.98. The summed E-state index contributed by atoms with van der Waals surface area (Å²) in [5.41, 5.74) is 0.0785. The molecule has 0 aliphatic carbocycles. The van der Waals surface area contributed by atoms with E-state index in [-0.39, 0.29) is 5.43 Å². The van der Waals surface area contributed by atoms with Crippen LogP contribution in [0.25, 0.3) is 20.2 Å². The Morgan fingerprint density at radius 3 is 2.54 bits per heavy atom. The predicted molar refractivity (Wildman–Crippen MR) is 112 cm³/mol. The molecule has 1 aromatic heterocycles. The summed E-state index contributed by atoms with van der Waals surface area (Å²) in [4.78, 5) is 15.4. The van der Waals surface area contributed by atoms with Crippen LogP contribution in [-0.2, 0) is 0 Å². The van der Waals surface area contributed by atoms with Gasteiger partial charge in [-0.15, -0.1) is 11.3 Å². The molecule has 0 spiro atoms. The third-order valence-corrected chi connectivity index (χ3v) is 6.34. The fraction of sp³-hybridized carbons (Fsp3) is 0.136. The first kappa shape index (κ1) is 17.1. The minimum absolute atomic E-state index is 0.0785. The van der Waals surface area contributed by atoms with Gasteiger partial charge in [0, 0.05) is 19.9 Å². The molecule has 0 aliphatic rings. The van der Waals surface area contributed by atoms with Crippen molar-refractivity contribution < 1.29 is 4.74 Å². The highest BCUT2D eigenvalue weighted by Crippen LogP contribution is 2.39. The zero-order chi connectivity index (χ0) is 17.9. The Hall–Kier alpha value is -2.30. The third kappa shape index (κ3) is 3.22. The normalized spacial score (nSPS) is 11.1. The Kier molecular flexibility index (Phi) is 4.96. The molecular weight excluding hydrogens is 360 g/mol. The lowest BCUT2D eigenvalue weighted by molar-refractivity contribution is 0.321. The van der Waals surface area contributed by atoms with Crippen LogP contribution in [0.15, 0.2) is 81.3 Å². The van der Waals surface area contributed by atoms with Gasteiger partial charge in [-0.05, 0) is 42.8 Å². The van der Waals surface area contributed by atoms with Crippen molar-refractivity contribution in [3.8, 4) is 5.75 Å². The molecule has 130 valence electrons. The molecule has 1 heterocycles. The Morgan fingerprint density at radius 1 is 0.962 bits per heavy atom. The molecule has 0 unspecified atom stereocenters.